The number of rotatable bonds is 7. The zero-order valence-electron chi connectivity index (χ0n) is 12.8. The van der Waals surface area contributed by atoms with Crippen molar-refractivity contribution in [3.63, 3.8) is 0 Å². The average Bonchev–Trinajstić information content (AvgIpc) is 3.04. The molecule has 1 aliphatic heterocycles. The second kappa shape index (κ2) is 7.02. The Kier molecular flexibility index (Phi) is 5.63. The molecule has 2 unspecified atom stereocenters. The van der Waals surface area contributed by atoms with Gasteiger partial charge in [0.05, 0.1) is 12.2 Å². The van der Waals surface area contributed by atoms with Crippen molar-refractivity contribution in [1.29, 1.82) is 0 Å². The summed E-state index contributed by atoms with van der Waals surface area (Å²) in [6, 6.07) is 0. The second-order valence-electron chi connectivity index (χ2n) is 6.23. The van der Waals surface area contributed by atoms with Gasteiger partial charge in [0.2, 0.25) is 0 Å². The molecule has 1 saturated carbocycles. The summed E-state index contributed by atoms with van der Waals surface area (Å²) in [5, 5.41) is 3.57. The van der Waals surface area contributed by atoms with Crippen molar-refractivity contribution in [2.45, 2.75) is 44.8 Å². The van der Waals surface area contributed by atoms with Crippen molar-refractivity contribution < 1.29 is 9.47 Å². The summed E-state index contributed by atoms with van der Waals surface area (Å²) in [4.78, 5) is 2.55. The van der Waals surface area contributed by atoms with Gasteiger partial charge in [-0.05, 0) is 24.8 Å². The minimum Gasteiger partial charge on any atom is -0.377 e. The minimum absolute atomic E-state index is 0.239. The van der Waals surface area contributed by atoms with E-state index < -0.39 is 0 Å². The van der Waals surface area contributed by atoms with Crippen LogP contribution >= 0.6 is 0 Å². The van der Waals surface area contributed by atoms with Crippen molar-refractivity contribution in [3.05, 3.63) is 0 Å². The first-order valence-electron chi connectivity index (χ1n) is 7.71. The first kappa shape index (κ1) is 15.2. The summed E-state index contributed by atoms with van der Waals surface area (Å²) in [6.07, 6.45) is 5.99. The molecule has 2 aliphatic rings. The predicted octanol–water partition coefficient (Wildman–Crippen LogP) is 1.50. The Morgan fingerprint density at radius 1 is 1.11 bits per heavy atom. The lowest BCUT2D eigenvalue weighted by atomic mass is 9.85. The van der Waals surface area contributed by atoms with Gasteiger partial charge in [-0.15, -0.1) is 0 Å². The highest BCUT2D eigenvalue weighted by Gasteiger charge is 2.40. The fourth-order valence-electron chi connectivity index (χ4n) is 3.78. The van der Waals surface area contributed by atoms with Gasteiger partial charge in [-0.25, -0.2) is 0 Å². The fraction of sp³-hybridized carbons (Fsp3) is 1.00. The Labute approximate surface area is 117 Å². The van der Waals surface area contributed by atoms with Gasteiger partial charge >= 0.3 is 0 Å². The van der Waals surface area contributed by atoms with E-state index in [9.17, 15) is 0 Å². The van der Waals surface area contributed by atoms with Crippen molar-refractivity contribution in [1.82, 2.24) is 10.2 Å². The number of hydrogen-bond donors (Lipinski definition) is 1. The number of likely N-dealkylation sites (tertiary alicyclic amines) is 1. The van der Waals surface area contributed by atoms with Crippen LogP contribution in [0.5, 0.6) is 0 Å². The van der Waals surface area contributed by atoms with E-state index in [0.29, 0.717) is 5.41 Å². The second-order valence-corrected chi connectivity index (χ2v) is 6.23. The lowest BCUT2D eigenvalue weighted by molar-refractivity contribution is -0.00461. The molecule has 0 aromatic rings. The molecule has 2 fully saturated rings. The van der Waals surface area contributed by atoms with Crippen LogP contribution in [-0.2, 0) is 9.47 Å². The molecule has 2 rings (SSSR count). The Hall–Kier alpha value is -0.160. The smallest absolute Gasteiger partial charge is 0.0971 e. The molecule has 19 heavy (non-hydrogen) atoms. The molecule has 1 saturated heterocycles. The van der Waals surface area contributed by atoms with Crippen LogP contribution in [0.2, 0.25) is 0 Å². The number of hydrogen-bond acceptors (Lipinski definition) is 4. The van der Waals surface area contributed by atoms with Gasteiger partial charge in [0.1, 0.15) is 0 Å². The largest absolute Gasteiger partial charge is 0.377 e. The Morgan fingerprint density at radius 2 is 1.68 bits per heavy atom. The highest BCUT2D eigenvalue weighted by atomic mass is 16.5. The Morgan fingerprint density at radius 3 is 2.16 bits per heavy atom. The number of ether oxygens (including phenoxy) is 2. The van der Waals surface area contributed by atoms with E-state index in [1.165, 1.54) is 32.2 Å². The van der Waals surface area contributed by atoms with Gasteiger partial charge in [0, 0.05) is 40.4 Å². The van der Waals surface area contributed by atoms with E-state index in [2.05, 4.69) is 17.1 Å². The summed E-state index contributed by atoms with van der Waals surface area (Å²) < 4.78 is 11.1. The topological polar surface area (TPSA) is 33.7 Å². The van der Waals surface area contributed by atoms with Gasteiger partial charge in [-0.1, -0.05) is 19.8 Å². The molecule has 1 N–H and O–H groups in total. The molecule has 4 heteroatoms. The van der Waals surface area contributed by atoms with Crippen LogP contribution in [0.25, 0.3) is 0 Å². The van der Waals surface area contributed by atoms with E-state index >= 15 is 0 Å². The van der Waals surface area contributed by atoms with Gasteiger partial charge in [0.25, 0.3) is 0 Å². The van der Waals surface area contributed by atoms with Crippen molar-refractivity contribution in [3.8, 4) is 0 Å². The zero-order chi connectivity index (χ0) is 13.7. The van der Waals surface area contributed by atoms with Crippen molar-refractivity contribution in [2.75, 3.05) is 46.9 Å². The molecular formula is C15H30N2O2. The third-order valence-corrected chi connectivity index (χ3v) is 4.87. The molecule has 0 aromatic heterocycles. The van der Waals surface area contributed by atoms with Gasteiger partial charge in [-0.3, -0.25) is 4.90 Å². The quantitative estimate of drug-likeness (QED) is 0.760. The first-order valence-corrected chi connectivity index (χ1v) is 7.71. The fourth-order valence-corrected chi connectivity index (χ4v) is 3.78. The molecule has 0 bridgehead atoms. The first-order chi connectivity index (χ1) is 9.23. The summed E-state index contributed by atoms with van der Waals surface area (Å²) >= 11 is 0. The van der Waals surface area contributed by atoms with E-state index in [-0.39, 0.29) is 12.2 Å². The van der Waals surface area contributed by atoms with Crippen LogP contribution in [-0.4, -0.2) is 64.1 Å². The molecule has 2 atom stereocenters. The molecule has 0 spiro atoms. The third kappa shape index (κ3) is 3.69. The highest BCUT2D eigenvalue weighted by molar-refractivity contribution is 4.94. The highest BCUT2D eigenvalue weighted by Crippen LogP contribution is 2.39. The number of nitrogens with zero attached hydrogens (tertiary/aromatic N) is 1. The summed E-state index contributed by atoms with van der Waals surface area (Å²) in [7, 11) is 3.59. The van der Waals surface area contributed by atoms with Crippen LogP contribution in [0.4, 0.5) is 0 Å². The van der Waals surface area contributed by atoms with Crippen molar-refractivity contribution >= 4 is 0 Å². The van der Waals surface area contributed by atoms with Crippen LogP contribution < -0.4 is 5.32 Å². The molecule has 0 radical (unpaired) electrons. The standard InChI is InChI=1S/C15H30N2O2/c1-4-16-11-15(7-5-6-8-15)12-17-9-13(18-2)14(10-17)19-3/h13-14,16H,4-12H2,1-3H3. The maximum atomic E-state index is 5.54. The lowest BCUT2D eigenvalue weighted by Gasteiger charge is -2.33. The molecule has 0 amide bonds. The minimum atomic E-state index is 0.239. The van der Waals surface area contributed by atoms with Crippen LogP contribution in [0, 0.1) is 5.41 Å². The molecule has 112 valence electrons. The third-order valence-electron chi connectivity index (χ3n) is 4.87. The Balaban J connectivity index is 1.91. The van der Waals surface area contributed by atoms with Gasteiger partial charge in [-0.2, -0.15) is 0 Å². The van der Waals surface area contributed by atoms with Crippen LogP contribution in [0.15, 0.2) is 0 Å². The SMILES string of the molecule is CCNCC1(CN2CC(OC)C(OC)C2)CCCC1. The monoisotopic (exact) mass is 270 g/mol. The van der Waals surface area contributed by atoms with E-state index in [1.807, 2.05) is 0 Å². The molecule has 1 aliphatic carbocycles. The van der Waals surface area contributed by atoms with Gasteiger partial charge in [0.15, 0.2) is 0 Å². The normalized spacial score (nSPS) is 31.1. The van der Waals surface area contributed by atoms with Crippen molar-refractivity contribution in [2.24, 2.45) is 5.41 Å². The van der Waals surface area contributed by atoms with E-state index in [1.54, 1.807) is 14.2 Å². The summed E-state index contributed by atoms with van der Waals surface area (Å²) in [5.41, 5.74) is 0.483. The maximum absolute atomic E-state index is 5.54. The van der Waals surface area contributed by atoms with Crippen LogP contribution in [0.3, 0.4) is 0 Å². The summed E-state index contributed by atoms with van der Waals surface area (Å²) in [5.74, 6) is 0. The summed E-state index contributed by atoms with van der Waals surface area (Å²) in [6.45, 7) is 7.66. The van der Waals surface area contributed by atoms with E-state index in [0.717, 1.165) is 26.2 Å². The molecule has 4 nitrogen and oxygen atoms in total. The lowest BCUT2D eigenvalue weighted by Crippen LogP contribution is -2.42. The Bertz CT molecular complexity index is 255. The van der Waals surface area contributed by atoms with Crippen LogP contribution in [0.1, 0.15) is 32.6 Å². The zero-order valence-corrected chi connectivity index (χ0v) is 12.8. The molecular weight excluding hydrogens is 240 g/mol. The predicted molar refractivity (Wildman–Crippen MR) is 77.5 cm³/mol. The van der Waals surface area contributed by atoms with Gasteiger partial charge < -0.3 is 14.8 Å². The maximum Gasteiger partial charge on any atom is 0.0971 e. The number of nitrogens with one attached hydrogen (secondary N) is 1. The number of methoxy groups -OCH3 is 2. The average molecular weight is 270 g/mol. The molecule has 0 aromatic carbocycles. The molecule has 1 heterocycles. The van der Waals surface area contributed by atoms with E-state index in [4.69, 9.17) is 9.47 Å².